The lowest BCUT2D eigenvalue weighted by Crippen LogP contribution is -2.21. The van der Waals surface area contributed by atoms with Gasteiger partial charge in [0.25, 0.3) is 5.91 Å². The number of ether oxygens (including phenoxy) is 3. The molecule has 1 unspecified atom stereocenters. The second-order valence-corrected chi connectivity index (χ2v) is 7.87. The minimum atomic E-state index is -0.379. The lowest BCUT2D eigenvalue weighted by atomic mass is 9.88. The van der Waals surface area contributed by atoms with E-state index in [4.69, 9.17) is 14.2 Å². The van der Waals surface area contributed by atoms with Crippen molar-refractivity contribution in [3.8, 4) is 11.5 Å². The summed E-state index contributed by atoms with van der Waals surface area (Å²) in [5.74, 6) is 0.908. The molecule has 150 valence electrons. The molecule has 1 amide bonds. The highest BCUT2D eigenvalue weighted by atomic mass is 32.1. The molecule has 0 bridgehead atoms. The van der Waals surface area contributed by atoms with Crippen molar-refractivity contribution in [1.29, 1.82) is 0 Å². The number of rotatable bonds is 7. The molecule has 1 N–H and O–H groups in total. The van der Waals surface area contributed by atoms with Gasteiger partial charge in [-0.15, -0.1) is 11.3 Å². The molecule has 6 nitrogen and oxygen atoms in total. The van der Waals surface area contributed by atoms with Gasteiger partial charge in [-0.1, -0.05) is 19.1 Å². The first kappa shape index (κ1) is 20.2. The maximum Gasteiger partial charge on any atom is 0.341 e. The van der Waals surface area contributed by atoms with E-state index in [-0.39, 0.29) is 18.5 Å². The minimum Gasteiger partial charge on any atom is -0.493 e. The van der Waals surface area contributed by atoms with Crippen molar-refractivity contribution in [3.63, 3.8) is 0 Å². The molecular weight excluding hydrogens is 378 g/mol. The number of benzene rings is 1. The predicted octanol–water partition coefficient (Wildman–Crippen LogP) is 4.08. The van der Waals surface area contributed by atoms with Crippen LogP contribution < -0.4 is 14.8 Å². The average Bonchev–Trinajstić information content (AvgIpc) is 3.03. The number of fused-ring (bicyclic) bond motifs is 1. The van der Waals surface area contributed by atoms with E-state index in [2.05, 4.69) is 12.2 Å². The summed E-state index contributed by atoms with van der Waals surface area (Å²) in [5.41, 5.74) is 1.52. The highest BCUT2D eigenvalue weighted by Crippen LogP contribution is 2.40. The molecule has 2 aromatic rings. The molecule has 0 radical (unpaired) electrons. The normalized spacial score (nSPS) is 15.5. The van der Waals surface area contributed by atoms with Crippen LogP contribution in [0.25, 0.3) is 0 Å². The molecule has 1 aromatic heterocycles. The molecule has 0 aliphatic heterocycles. The number of anilines is 1. The SMILES string of the molecule is CCOC(=O)c1c(NC(=O)COc2ccccc2OC)sc2c1CCC(C)C2. The lowest BCUT2D eigenvalue weighted by molar-refractivity contribution is -0.118. The Balaban J connectivity index is 1.75. The molecule has 1 atom stereocenters. The number of esters is 1. The predicted molar refractivity (Wildman–Crippen MR) is 109 cm³/mol. The molecule has 0 saturated carbocycles. The van der Waals surface area contributed by atoms with Crippen LogP contribution in [-0.4, -0.2) is 32.2 Å². The average molecular weight is 404 g/mol. The van der Waals surface area contributed by atoms with Crippen LogP contribution in [0.2, 0.25) is 0 Å². The van der Waals surface area contributed by atoms with Gasteiger partial charge in [-0.25, -0.2) is 4.79 Å². The van der Waals surface area contributed by atoms with Gasteiger partial charge < -0.3 is 19.5 Å². The van der Waals surface area contributed by atoms with Crippen LogP contribution in [0.5, 0.6) is 11.5 Å². The molecule has 3 rings (SSSR count). The fraction of sp³-hybridized carbons (Fsp3) is 0.429. The van der Waals surface area contributed by atoms with Gasteiger partial charge in [-0.05, 0) is 49.8 Å². The molecule has 1 heterocycles. The Hall–Kier alpha value is -2.54. The van der Waals surface area contributed by atoms with Crippen LogP contribution in [0.4, 0.5) is 5.00 Å². The Morgan fingerprint density at radius 2 is 2.00 bits per heavy atom. The summed E-state index contributed by atoms with van der Waals surface area (Å²) in [6.07, 6.45) is 2.77. The van der Waals surface area contributed by atoms with Crippen molar-refractivity contribution in [2.24, 2.45) is 5.92 Å². The van der Waals surface area contributed by atoms with E-state index in [0.717, 1.165) is 29.7 Å². The van der Waals surface area contributed by atoms with Gasteiger partial charge in [0.1, 0.15) is 5.00 Å². The monoisotopic (exact) mass is 403 g/mol. The first-order chi connectivity index (χ1) is 13.5. The minimum absolute atomic E-state index is 0.179. The highest BCUT2D eigenvalue weighted by Gasteiger charge is 2.29. The third-order valence-electron chi connectivity index (χ3n) is 4.67. The zero-order chi connectivity index (χ0) is 20.1. The van der Waals surface area contributed by atoms with Crippen molar-refractivity contribution < 1.29 is 23.8 Å². The number of hydrogen-bond acceptors (Lipinski definition) is 6. The Labute approximate surface area is 168 Å². The van der Waals surface area contributed by atoms with E-state index in [9.17, 15) is 9.59 Å². The van der Waals surface area contributed by atoms with E-state index in [0.29, 0.717) is 34.6 Å². The summed E-state index contributed by atoms with van der Waals surface area (Å²) in [4.78, 5) is 26.1. The molecule has 0 fully saturated rings. The molecule has 0 saturated heterocycles. The molecule has 7 heteroatoms. The Bertz CT molecular complexity index is 860. The zero-order valence-electron chi connectivity index (χ0n) is 16.4. The van der Waals surface area contributed by atoms with Crippen LogP contribution in [0, 0.1) is 5.92 Å². The molecule has 1 aromatic carbocycles. The molecule has 1 aliphatic carbocycles. The van der Waals surface area contributed by atoms with Crippen molar-refractivity contribution in [3.05, 3.63) is 40.3 Å². The van der Waals surface area contributed by atoms with Gasteiger partial charge in [0.15, 0.2) is 18.1 Å². The fourth-order valence-electron chi connectivity index (χ4n) is 3.30. The second kappa shape index (κ2) is 9.10. The summed E-state index contributed by atoms with van der Waals surface area (Å²) in [7, 11) is 1.55. The van der Waals surface area contributed by atoms with Crippen LogP contribution in [0.15, 0.2) is 24.3 Å². The van der Waals surface area contributed by atoms with Gasteiger partial charge in [0.2, 0.25) is 0 Å². The number of carbonyl (C=O) groups is 2. The van der Waals surface area contributed by atoms with Crippen LogP contribution in [0.3, 0.4) is 0 Å². The van der Waals surface area contributed by atoms with Crippen LogP contribution in [0.1, 0.15) is 41.1 Å². The van der Waals surface area contributed by atoms with Gasteiger partial charge in [0, 0.05) is 4.88 Å². The second-order valence-electron chi connectivity index (χ2n) is 6.76. The standard InChI is InChI=1S/C21H25NO5S/c1-4-26-21(24)19-14-10-9-13(2)11-17(14)28-20(19)22-18(23)12-27-16-8-6-5-7-15(16)25-3/h5-8,13H,4,9-12H2,1-3H3,(H,22,23). The first-order valence-electron chi connectivity index (χ1n) is 9.40. The Kier molecular flexibility index (Phi) is 6.57. The maximum atomic E-state index is 12.5. The third-order valence-corrected chi connectivity index (χ3v) is 5.84. The van der Waals surface area contributed by atoms with E-state index in [1.54, 1.807) is 26.2 Å². The number of carbonyl (C=O) groups excluding carboxylic acids is 2. The largest absolute Gasteiger partial charge is 0.493 e. The third kappa shape index (κ3) is 4.47. The van der Waals surface area contributed by atoms with E-state index >= 15 is 0 Å². The Morgan fingerprint density at radius 3 is 2.71 bits per heavy atom. The number of para-hydroxylation sites is 2. The molecule has 28 heavy (non-hydrogen) atoms. The summed E-state index contributed by atoms with van der Waals surface area (Å²) in [6.45, 7) is 4.09. The number of nitrogens with one attached hydrogen (secondary N) is 1. The number of amides is 1. The van der Waals surface area contributed by atoms with Gasteiger partial charge in [-0.3, -0.25) is 4.79 Å². The summed E-state index contributed by atoms with van der Waals surface area (Å²) >= 11 is 1.46. The van der Waals surface area contributed by atoms with E-state index in [1.807, 2.05) is 12.1 Å². The number of hydrogen-bond donors (Lipinski definition) is 1. The number of methoxy groups -OCH3 is 1. The van der Waals surface area contributed by atoms with E-state index < -0.39 is 0 Å². The first-order valence-corrected chi connectivity index (χ1v) is 10.2. The van der Waals surface area contributed by atoms with Crippen molar-refractivity contribution >= 4 is 28.2 Å². The summed E-state index contributed by atoms with van der Waals surface area (Å²) in [6, 6.07) is 7.14. The topological polar surface area (TPSA) is 73.9 Å². The molecule has 0 spiro atoms. The fourth-order valence-corrected chi connectivity index (χ4v) is 4.72. The zero-order valence-corrected chi connectivity index (χ0v) is 17.2. The molecular formula is C21H25NO5S. The van der Waals surface area contributed by atoms with Gasteiger partial charge in [-0.2, -0.15) is 0 Å². The number of thiophene rings is 1. The van der Waals surface area contributed by atoms with Crippen LogP contribution in [-0.2, 0) is 22.4 Å². The van der Waals surface area contributed by atoms with Gasteiger partial charge >= 0.3 is 5.97 Å². The van der Waals surface area contributed by atoms with Crippen molar-refractivity contribution in [2.45, 2.75) is 33.1 Å². The van der Waals surface area contributed by atoms with Crippen molar-refractivity contribution in [1.82, 2.24) is 0 Å². The molecule has 1 aliphatic rings. The summed E-state index contributed by atoms with van der Waals surface area (Å²) < 4.78 is 16.0. The maximum absolute atomic E-state index is 12.5. The lowest BCUT2D eigenvalue weighted by Gasteiger charge is -2.18. The highest BCUT2D eigenvalue weighted by molar-refractivity contribution is 7.17. The Morgan fingerprint density at radius 1 is 1.25 bits per heavy atom. The van der Waals surface area contributed by atoms with Gasteiger partial charge in [0.05, 0.1) is 19.3 Å². The van der Waals surface area contributed by atoms with E-state index in [1.165, 1.54) is 11.3 Å². The smallest absolute Gasteiger partial charge is 0.341 e. The summed E-state index contributed by atoms with van der Waals surface area (Å²) in [5, 5.41) is 3.39. The quantitative estimate of drug-likeness (QED) is 0.705. The van der Waals surface area contributed by atoms with Crippen molar-refractivity contribution in [2.75, 3.05) is 25.6 Å². The van der Waals surface area contributed by atoms with Crippen LogP contribution >= 0.6 is 11.3 Å².